The molecule has 0 aliphatic carbocycles. The lowest BCUT2D eigenvalue weighted by molar-refractivity contribution is -0.116. The zero-order valence-electron chi connectivity index (χ0n) is 21.8. The number of likely N-dealkylation sites (tertiary alicyclic amines) is 1. The number of amides is 1. The van der Waals surface area contributed by atoms with Gasteiger partial charge in [-0.3, -0.25) is 9.69 Å². The summed E-state index contributed by atoms with van der Waals surface area (Å²) < 4.78 is 22.6. The molecular formula is C29H31N5O5. The molecule has 0 radical (unpaired) electrons. The van der Waals surface area contributed by atoms with Gasteiger partial charge in [-0.25, -0.2) is 9.97 Å². The molecule has 0 bridgehead atoms. The minimum Gasteiger partial charge on any atom is -0.489 e. The number of nitrogens with one attached hydrogen (secondary N) is 2. The number of hydrogen-bond donors (Lipinski definition) is 2. The van der Waals surface area contributed by atoms with Gasteiger partial charge in [-0.2, -0.15) is 0 Å². The van der Waals surface area contributed by atoms with Crippen molar-refractivity contribution in [1.29, 1.82) is 0 Å². The summed E-state index contributed by atoms with van der Waals surface area (Å²) in [6, 6.07) is 11.1. The van der Waals surface area contributed by atoms with E-state index in [4.69, 9.17) is 25.4 Å². The van der Waals surface area contributed by atoms with Crippen molar-refractivity contribution < 1.29 is 23.7 Å². The van der Waals surface area contributed by atoms with Crippen molar-refractivity contribution in [3.63, 3.8) is 0 Å². The first kappa shape index (κ1) is 26.6. The van der Waals surface area contributed by atoms with Crippen molar-refractivity contribution >= 4 is 34.0 Å². The fourth-order valence-electron chi connectivity index (χ4n) is 4.63. The molecule has 1 amide bonds. The number of fused-ring (bicyclic) bond motifs is 2. The van der Waals surface area contributed by atoms with E-state index in [1.165, 1.54) is 12.4 Å². The van der Waals surface area contributed by atoms with Gasteiger partial charge in [-0.15, -0.1) is 6.42 Å². The van der Waals surface area contributed by atoms with Gasteiger partial charge in [0.1, 0.15) is 24.5 Å². The van der Waals surface area contributed by atoms with E-state index in [-0.39, 0.29) is 18.1 Å². The molecule has 2 saturated heterocycles. The third-order valence-electron chi connectivity index (χ3n) is 6.50. The molecule has 1 aromatic heterocycles. The maximum Gasteiger partial charge on any atom is 0.248 e. The molecule has 10 nitrogen and oxygen atoms in total. The predicted octanol–water partition coefficient (Wildman–Crippen LogP) is 2.97. The van der Waals surface area contributed by atoms with E-state index in [0.29, 0.717) is 61.1 Å². The minimum absolute atomic E-state index is 0.101. The zero-order chi connectivity index (χ0) is 27.0. The number of carbonyl (C=O) groups is 1. The highest BCUT2D eigenvalue weighted by Gasteiger charge is 2.35. The van der Waals surface area contributed by atoms with E-state index in [2.05, 4.69) is 31.4 Å². The highest BCUT2D eigenvalue weighted by Crippen LogP contribution is 2.33. The topological polar surface area (TPSA) is 107 Å². The fourth-order valence-corrected chi connectivity index (χ4v) is 4.63. The van der Waals surface area contributed by atoms with E-state index in [1.54, 1.807) is 19.2 Å². The Balaban J connectivity index is 1.33. The van der Waals surface area contributed by atoms with Crippen LogP contribution in [0.2, 0.25) is 0 Å². The highest BCUT2D eigenvalue weighted by molar-refractivity contribution is 6.03. The summed E-state index contributed by atoms with van der Waals surface area (Å²) in [6.07, 6.45) is 10.6. The summed E-state index contributed by atoms with van der Waals surface area (Å²) >= 11 is 0. The Hall–Kier alpha value is -4.01. The van der Waals surface area contributed by atoms with Crippen LogP contribution in [0, 0.1) is 12.3 Å². The smallest absolute Gasteiger partial charge is 0.248 e. The van der Waals surface area contributed by atoms with Gasteiger partial charge in [0.25, 0.3) is 0 Å². The molecule has 202 valence electrons. The fraction of sp³-hybridized carbons (Fsp3) is 0.345. The number of methoxy groups -OCH3 is 1. The van der Waals surface area contributed by atoms with Gasteiger partial charge in [0.05, 0.1) is 43.2 Å². The second kappa shape index (κ2) is 12.7. The molecule has 3 heterocycles. The van der Waals surface area contributed by atoms with Crippen LogP contribution in [0.1, 0.15) is 5.56 Å². The van der Waals surface area contributed by atoms with Gasteiger partial charge in [-0.05, 0) is 24.3 Å². The largest absolute Gasteiger partial charge is 0.489 e. The monoisotopic (exact) mass is 529 g/mol. The summed E-state index contributed by atoms with van der Waals surface area (Å²) in [6.45, 7) is 4.19. The Morgan fingerprint density at radius 3 is 2.77 bits per heavy atom. The van der Waals surface area contributed by atoms with Crippen LogP contribution in [0.15, 0.2) is 54.9 Å². The van der Waals surface area contributed by atoms with Crippen LogP contribution in [-0.2, 0) is 19.0 Å². The summed E-state index contributed by atoms with van der Waals surface area (Å²) in [4.78, 5) is 23.9. The van der Waals surface area contributed by atoms with E-state index < -0.39 is 0 Å². The standard InChI is InChI=1S/C29H31N5O5/c1-3-20-6-4-7-21(14-20)32-29-22-15-24(25(37-11-10-36-2)16-23(22)30-19-31-29)33-28(35)8-5-9-34-17-26-27(18-34)39-13-12-38-26/h1,4-8,14-16,19,26-27H,9-13,17-18H2,2H3,(H,33,35)(H,30,31,32)/t26-,27+. The maximum absolute atomic E-state index is 12.9. The number of rotatable bonds is 10. The molecule has 2 N–H and O–H groups in total. The molecular weight excluding hydrogens is 498 g/mol. The lowest BCUT2D eigenvalue weighted by Crippen LogP contribution is -2.36. The average molecular weight is 530 g/mol. The van der Waals surface area contributed by atoms with Crippen LogP contribution in [-0.4, -0.2) is 86.2 Å². The van der Waals surface area contributed by atoms with E-state index in [9.17, 15) is 4.79 Å². The van der Waals surface area contributed by atoms with Crippen molar-refractivity contribution in [2.45, 2.75) is 12.2 Å². The lowest BCUT2D eigenvalue weighted by Gasteiger charge is -2.24. The van der Waals surface area contributed by atoms with E-state index >= 15 is 0 Å². The number of nitrogens with zero attached hydrogens (tertiary/aromatic N) is 3. The molecule has 3 aromatic rings. The zero-order valence-corrected chi connectivity index (χ0v) is 21.8. The molecule has 2 atom stereocenters. The third-order valence-corrected chi connectivity index (χ3v) is 6.50. The van der Waals surface area contributed by atoms with Gasteiger partial charge in [0.2, 0.25) is 5.91 Å². The quantitative estimate of drug-likeness (QED) is 0.233. The normalized spacial score (nSPS) is 19.1. The first-order chi connectivity index (χ1) is 19.1. The van der Waals surface area contributed by atoms with Crippen LogP contribution in [0.4, 0.5) is 17.2 Å². The number of ether oxygens (including phenoxy) is 4. The van der Waals surface area contributed by atoms with Gasteiger partial charge in [0, 0.05) is 55.5 Å². The Bertz CT molecular complexity index is 1370. The molecule has 2 aromatic carbocycles. The first-order valence-corrected chi connectivity index (χ1v) is 12.8. The van der Waals surface area contributed by atoms with Crippen molar-refractivity contribution in [3.05, 3.63) is 60.4 Å². The average Bonchev–Trinajstić information content (AvgIpc) is 3.37. The van der Waals surface area contributed by atoms with Crippen molar-refractivity contribution in [1.82, 2.24) is 14.9 Å². The van der Waals surface area contributed by atoms with Gasteiger partial charge >= 0.3 is 0 Å². The van der Waals surface area contributed by atoms with Gasteiger partial charge in [-0.1, -0.05) is 18.1 Å². The predicted molar refractivity (Wildman–Crippen MR) is 148 cm³/mol. The van der Waals surface area contributed by atoms with Crippen LogP contribution < -0.4 is 15.4 Å². The summed E-state index contributed by atoms with van der Waals surface area (Å²) in [7, 11) is 1.60. The molecule has 2 aliphatic heterocycles. The molecule has 0 spiro atoms. The van der Waals surface area contributed by atoms with Crippen molar-refractivity contribution in [3.8, 4) is 18.1 Å². The minimum atomic E-state index is -0.275. The molecule has 2 aliphatic rings. The SMILES string of the molecule is C#Cc1cccc(Nc2ncnc3cc(OCCOC)c(NC(=O)C=CCN4C[C@@H]5OCCO[C@@H]5C4)cc23)c1. The molecule has 0 unspecified atom stereocenters. The first-order valence-electron chi connectivity index (χ1n) is 12.8. The van der Waals surface area contributed by atoms with Crippen molar-refractivity contribution in [2.24, 2.45) is 0 Å². The molecule has 5 rings (SSSR count). The molecule has 0 saturated carbocycles. The Morgan fingerprint density at radius 1 is 1.18 bits per heavy atom. The second-order valence-corrected chi connectivity index (χ2v) is 9.21. The summed E-state index contributed by atoms with van der Waals surface area (Å²) in [5, 5.41) is 6.96. The number of terminal acetylenes is 1. The van der Waals surface area contributed by atoms with E-state index in [1.807, 2.05) is 30.3 Å². The number of anilines is 3. The summed E-state index contributed by atoms with van der Waals surface area (Å²) in [5.41, 5.74) is 2.69. The maximum atomic E-state index is 12.9. The Labute approximate surface area is 227 Å². The molecule has 39 heavy (non-hydrogen) atoms. The lowest BCUT2D eigenvalue weighted by atomic mass is 10.1. The number of hydrogen-bond acceptors (Lipinski definition) is 9. The second-order valence-electron chi connectivity index (χ2n) is 9.21. The third kappa shape index (κ3) is 6.71. The van der Waals surface area contributed by atoms with Crippen LogP contribution in [0.3, 0.4) is 0 Å². The summed E-state index contributed by atoms with van der Waals surface area (Å²) in [5.74, 6) is 3.41. The number of aromatic nitrogens is 2. The number of benzene rings is 2. The highest BCUT2D eigenvalue weighted by atomic mass is 16.6. The van der Waals surface area contributed by atoms with Gasteiger partial charge < -0.3 is 29.6 Å². The Morgan fingerprint density at radius 2 is 2.00 bits per heavy atom. The van der Waals surface area contributed by atoms with Crippen molar-refractivity contribution in [2.75, 3.05) is 63.8 Å². The molecule has 10 heteroatoms. The van der Waals surface area contributed by atoms with Crippen LogP contribution in [0.25, 0.3) is 10.9 Å². The van der Waals surface area contributed by atoms with Crippen LogP contribution in [0.5, 0.6) is 5.75 Å². The van der Waals surface area contributed by atoms with E-state index in [0.717, 1.165) is 24.3 Å². The Kier molecular flexibility index (Phi) is 8.65. The van der Waals surface area contributed by atoms with Gasteiger partial charge in [0.15, 0.2) is 0 Å². The van der Waals surface area contributed by atoms with Crippen LogP contribution >= 0.6 is 0 Å². The number of carbonyl (C=O) groups excluding carboxylic acids is 1. The molecule has 2 fully saturated rings.